The molecule has 0 aliphatic rings. The van der Waals surface area contributed by atoms with Gasteiger partial charge in [-0.1, -0.05) is 12.1 Å². The van der Waals surface area contributed by atoms with E-state index in [0.29, 0.717) is 27.6 Å². The Morgan fingerprint density at radius 2 is 2.41 bits per heavy atom. The van der Waals surface area contributed by atoms with E-state index in [2.05, 4.69) is 9.79 Å². The van der Waals surface area contributed by atoms with E-state index >= 15 is 0 Å². The zero-order valence-electron chi connectivity index (χ0n) is 9.12. The Morgan fingerprint density at radius 3 is 3.06 bits per heavy atom. The van der Waals surface area contributed by atoms with Gasteiger partial charge in [0.05, 0.1) is 0 Å². The normalized spacial score (nSPS) is 10.2. The van der Waals surface area contributed by atoms with Crippen LogP contribution in [0.3, 0.4) is 0 Å². The van der Waals surface area contributed by atoms with Gasteiger partial charge in [-0.3, -0.25) is 9.42 Å². The van der Waals surface area contributed by atoms with Crippen LogP contribution in [0.2, 0.25) is 0 Å². The van der Waals surface area contributed by atoms with Crippen LogP contribution in [0.4, 0.5) is 0 Å². The summed E-state index contributed by atoms with van der Waals surface area (Å²) < 4.78 is 9.80. The lowest BCUT2D eigenvalue weighted by molar-refractivity contribution is -0.806. The molecule has 0 bridgehead atoms. The molecule has 1 aromatic heterocycles. The molecule has 0 aliphatic carbocycles. The largest absolute Gasteiger partial charge is 0.485 e. The number of hydrogen-bond donors (Lipinski definition) is 0. The summed E-state index contributed by atoms with van der Waals surface area (Å²) in [6, 6.07) is 6.71. The zero-order chi connectivity index (χ0) is 12.3. The number of benzene rings is 1. The maximum absolute atomic E-state index is 10.9. The quantitative estimate of drug-likeness (QED) is 0.582. The van der Waals surface area contributed by atoms with Gasteiger partial charge in [0.2, 0.25) is 0 Å². The molecular weight excluding hydrogens is 224 g/mol. The SMILES string of the molecule is Cc1c(COc2cccc(C=O)c2)no[n+]1[O-]. The van der Waals surface area contributed by atoms with E-state index in [1.54, 1.807) is 31.2 Å². The van der Waals surface area contributed by atoms with Gasteiger partial charge in [-0.25, -0.2) is 0 Å². The lowest BCUT2D eigenvalue weighted by Crippen LogP contribution is -2.26. The van der Waals surface area contributed by atoms with Crippen molar-refractivity contribution in [1.29, 1.82) is 0 Å². The summed E-state index contributed by atoms with van der Waals surface area (Å²) in [6.45, 7) is 1.71. The lowest BCUT2D eigenvalue weighted by Gasteiger charge is -2.02. The number of ether oxygens (including phenoxy) is 1. The monoisotopic (exact) mass is 234 g/mol. The third-order valence-corrected chi connectivity index (χ3v) is 2.29. The Labute approximate surface area is 97.0 Å². The molecule has 2 aromatic rings. The van der Waals surface area contributed by atoms with Crippen molar-refractivity contribution in [3.63, 3.8) is 0 Å². The van der Waals surface area contributed by atoms with E-state index in [1.165, 1.54) is 0 Å². The van der Waals surface area contributed by atoms with Crippen LogP contribution in [0.25, 0.3) is 0 Å². The molecule has 0 aliphatic heterocycles. The average molecular weight is 234 g/mol. The molecule has 0 radical (unpaired) electrons. The molecular formula is C11H10N2O4. The maximum Gasteiger partial charge on any atom is 0.258 e. The van der Waals surface area contributed by atoms with Gasteiger partial charge in [0, 0.05) is 17.6 Å². The number of hydrogen-bond acceptors (Lipinski definition) is 5. The van der Waals surface area contributed by atoms with Crippen molar-refractivity contribution < 1.29 is 19.1 Å². The van der Waals surface area contributed by atoms with Crippen molar-refractivity contribution in [2.24, 2.45) is 0 Å². The summed E-state index contributed by atoms with van der Waals surface area (Å²) in [4.78, 5) is 10.9. The summed E-state index contributed by atoms with van der Waals surface area (Å²) in [5.74, 6) is 0.537. The second-order valence-corrected chi connectivity index (χ2v) is 3.44. The molecule has 17 heavy (non-hydrogen) atoms. The Hall–Kier alpha value is -2.37. The molecule has 0 spiro atoms. The molecule has 0 saturated carbocycles. The molecule has 6 heteroatoms. The first kappa shape index (κ1) is 11.1. The fraction of sp³-hybridized carbons (Fsp3) is 0.182. The first-order valence-corrected chi connectivity index (χ1v) is 4.94. The van der Waals surface area contributed by atoms with Crippen LogP contribution in [0, 0.1) is 12.1 Å². The Kier molecular flexibility index (Phi) is 3.04. The number of aromatic nitrogens is 2. The summed E-state index contributed by atoms with van der Waals surface area (Å²) >= 11 is 0. The van der Waals surface area contributed by atoms with Gasteiger partial charge < -0.3 is 9.94 Å². The van der Waals surface area contributed by atoms with E-state index in [4.69, 9.17) is 4.74 Å². The molecule has 1 aromatic carbocycles. The smallest absolute Gasteiger partial charge is 0.258 e. The minimum absolute atomic E-state index is 0.118. The standard InChI is InChI=1S/C11H10N2O4/c1-8-11(12-17-13(8)15)7-16-10-4-2-3-9(5-10)6-14/h2-6H,7H2,1H3. The molecule has 0 amide bonds. The van der Waals surface area contributed by atoms with Crippen LogP contribution in [-0.4, -0.2) is 11.4 Å². The van der Waals surface area contributed by atoms with E-state index in [-0.39, 0.29) is 6.61 Å². The van der Waals surface area contributed by atoms with Gasteiger partial charge in [-0.15, -0.1) is 0 Å². The molecule has 0 unspecified atom stereocenters. The minimum atomic E-state index is 0.118. The highest BCUT2D eigenvalue weighted by Crippen LogP contribution is 2.14. The van der Waals surface area contributed by atoms with Crippen molar-refractivity contribution in [3.8, 4) is 5.75 Å². The van der Waals surface area contributed by atoms with Crippen LogP contribution >= 0.6 is 0 Å². The fourth-order valence-corrected chi connectivity index (χ4v) is 1.28. The summed E-state index contributed by atoms with van der Waals surface area (Å²) in [6.07, 6.45) is 0.736. The van der Waals surface area contributed by atoms with Crippen LogP contribution in [0.15, 0.2) is 28.9 Å². The van der Waals surface area contributed by atoms with Gasteiger partial charge in [-0.2, -0.15) is 0 Å². The third-order valence-electron chi connectivity index (χ3n) is 2.29. The molecule has 0 fully saturated rings. The molecule has 1 heterocycles. The van der Waals surface area contributed by atoms with Gasteiger partial charge in [0.15, 0.2) is 12.3 Å². The third kappa shape index (κ3) is 2.41. The second-order valence-electron chi connectivity index (χ2n) is 3.44. The van der Waals surface area contributed by atoms with Crippen LogP contribution in [0.1, 0.15) is 21.7 Å². The summed E-state index contributed by atoms with van der Waals surface area (Å²) in [5, 5.41) is 14.5. The van der Waals surface area contributed by atoms with Gasteiger partial charge in [-0.05, 0) is 17.0 Å². The average Bonchev–Trinajstić information content (AvgIpc) is 2.68. The fourth-order valence-electron chi connectivity index (χ4n) is 1.28. The Balaban J connectivity index is 2.07. The topological polar surface area (TPSA) is 79.3 Å². The lowest BCUT2D eigenvalue weighted by atomic mass is 10.2. The van der Waals surface area contributed by atoms with Crippen molar-refractivity contribution in [2.75, 3.05) is 0 Å². The number of aldehydes is 1. The maximum atomic E-state index is 10.9. The van der Waals surface area contributed by atoms with Crippen LogP contribution in [-0.2, 0) is 6.61 Å². The molecule has 2 rings (SSSR count). The summed E-state index contributed by atoms with van der Waals surface area (Å²) in [7, 11) is 0. The van der Waals surface area contributed by atoms with E-state index < -0.39 is 0 Å². The van der Waals surface area contributed by atoms with Gasteiger partial charge >= 0.3 is 0 Å². The molecule has 88 valence electrons. The predicted octanol–water partition coefficient (Wildman–Crippen LogP) is 1.01. The van der Waals surface area contributed by atoms with Crippen molar-refractivity contribution in [2.45, 2.75) is 13.5 Å². The van der Waals surface area contributed by atoms with E-state index in [0.717, 1.165) is 6.29 Å². The number of rotatable bonds is 4. The highest BCUT2D eigenvalue weighted by molar-refractivity contribution is 5.75. The van der Waals surface area contributed by atoms with Crippen molar-refractivity contribution in [3.05, 3.63) is 46.4 Å². The molecule has 0 N–H and O–H groups in total. The minimum Gasteiger partial charge on any atom is -0.485 e. The summed E-state index contributed by atoms with van der Waals surface area (Å²) in [5.41, 5.74) is 1.31. The zero-order valence-corrected chi connectivity index (χ0v) is 9.12. The number of carbonyl (C=O) groups is 1. The number of carbonyl (C=O) groups excluding carboxylic acids is 1. The van der Waals surface area contributed by atoms with Crippen LogP contribution in [0.5, 0.6) is 5.75 Å². The second kappa shape index (κ2) is 4.65. The van der Waals surface area contributed by atoms with E-state index in [9.17, 15) is 10.0 Å². The number of nitrogens with zero attached hydrogens (tertiary/aromatic N) is 2. The Morgan fingerprint density at radius 1 is 1.59 bits per heavy atom. The van der Waals surface area contributed by atoms with Crippen molar-refractivity contribution in [1.82, 2.24) is 5.16 Å². The van der Waals surface area contributed by atoms with Crippen molar-refractivity contribution >= 4 is 6.29 Å². The predicted molar refractivity (Wildman–Crippen MR) is 56.4 cm³/mol. The molecule has 6 nitrogen and oxygen atoms in total. The Bertz CT molecular complexity index is 536. The molecule has 0 atom stereocenters. The van der Waals surface area contributed by atoms with Crippen LogP contribution < -0.4 is 9.64 Å². The van der Waals surface area contributed by atoms with E-state index in [1.807, 2.05) is 0 Å². The first-order valence-electron chi connectivity index (χ1n) is 4.94. The van der Waals surface area contributed by atoms with Gasteiger partial charge in [0.25, 0.3) is 5.69 Å². The van der Waals surface area contributed by atoms with Gasteiger partial charge in [0.1, 0.15) is 12.0 Å². The molecule has 0 saturated heterocycles. The highest BCUT2D eigenvalue weighted by atomic mass is 16.8. The highest BCUT2D eigenvalue weighted by Gasteiger charge is 2.14. The first-order chi connectivity index (χ1) is 8.20.